The molecule has 0 aliphatic rings. The van der Waals surface area contributed by atoms with Crippen LogP contribution < -0.4 is 10.9 Å². The second kappa shape index (κ2) is 7.85. The van der Waals surface area contributed by atoms with E-state index in [2.05, 4.69) is 5.32 Å². The van der Waals surface area contributed by atoms with Gasteiger partial charge in [-0.25, -0.2) is 0 Å². The normalized spacial score (nSPS) is 11.2. The van der Waals surface area contributed by atoms with E-state index in [0.29, 0.717) is 28.1 Å². The second-order valence-corrected chi connectivity index (χ2v) is 5.52. The Hall–Kier alpha value is -3.10. The Bertz CT molecular complexity index is 875. The third-order valence-electron chi connectivity index (χ3n) is 3.46. The van der Waals surface area contributed by atoms with Gasteiger partial charge in [0.2, 0.25) is 5.91 Å². The van der Waals surface area contributed by atoms with E-state index in [1.807, 2.05) is 0 Å². The van der Waals surface area contributed by atoms with Crippen molar-refractivity contribution in [2.75, 3.05) is 5.32 Å². The molecule has 2 N–H and O–H groups in total. The van der Waals surface area contributed by atoms with Gasteiger partial charge < -0.3 is 15.0 Å². The van der Waals surface area contributed by atoms with Crippen LogP contribution in [0.2, 0.25) is 0 Å². The molecular formula is C17H15F3N2O4. The van der Waals surface area contributed by atoms with E-state index in [0.717, 1.165) is 6.07 Å². The zero-order chi connectivity index (χ0) is 19.3. The summed E-state index contributed by atoms with van der Waals surface area (Å²) in [7, 11) is 0. The highest BCUT2D eigenvalue weighted by molar-refractivity contribution is 5.90. The lowest BCUT2D eigenvalue weighted by molar-refractivity contribution is -0.138. The number of alkyl halides is 3. The molecule has 0 saturated heterocycles. The van der Waals surface area contributed by atoms with Crippen LogP contribution in [0, 0.1) is 0 Å². The largest absolute Gasteiger partial charge is 0.481 e. The summed E-state index contributed by atoms with van der Waals surface area (Å²) in [6.45, 7) is -0.581. The monoisotopic (exact) mass is 368 g/mol. The number of aliphatic carboxylic acids is 1. The fourth-order valence-electron chi connectivity index (χ4n) is 2.23. The maximum atomic E-state index is 12.7. The molecule has 9 heteroatoms. The summed E-state index contributed by atoms with van der Waals surface area (Å²) >= 11 is 0. The number of rotatable bonds is 6. The standard InChI is InChI=1S/C17H15F3N2O4/c18-17(19,20)12-5-6-15(24)22(9-12)10-14(23)21-13-3-1-2-11(8-13)4-7-16(25)26/h1-3,5-6,8-9H,4,7,10H2,(H,21,23)(H,25,26). The summed E-state index contributed by atoms with van der Waals surface area (Å²) < 4.78 is 38.8. The van der Waals surface area contributed by atoms with Gasteiger partial charge in [0.25, 0.3) is 5.56 Å². The molecule has 0 saturated carbocycles. The predicted octanol–water partition coefficient (Wildman–Crippen LogP) is 2.52. The van der Waals surface area contributed by atoms with E-state index in [9.17, 15) is 27.6 Å². The highest BCUT2D eigenvalue weighted by Gasteiger charge is 2.31. The lowest BCUT2D eigenvalue weighted by atomic mass is 10.1. The van der Waals surface area contributed by atoms with Gasteiger partial charge in [0.15, 0.2) is 0 Å². The molecule has 26 heavy (non-hydrogen) atoms. The average Bonchev–Trinajstić information content (AvgIpc) is 2.54. The first kappa shape index (κ1) is 19.2. The lowest BCUT2D eigenvalue weighted by Gasteiger charge is -2.11. The molecule has 2 rings (SSSR count). The Morgan fingerprint density at radius 3 is 2.54 bits per heavy atom. The van der Waals surface area contributed by atoms with Crippen molar-refractivity contribution in [3.63, 3.8) is 0 Å². The first-order chi connectivity index (χ1) is 12.1. The van der Waals surface area contributed by atoms with Crippen LogP contribution >= 0.6 is 0 Å². The number of amides is 1. The number of anilines is 1. The molecule has 0 unspecified atom stereocenters. The molecule has 1 heterocycles. The number of hydrogen-bond acceptors (Lipinski definition) is 3. The molecule has 1 aromatic heterocycles. The van der Waals surface area contributed by atoms with Crippen LogP contribution in [-0.2, 0) is 28.7 Å². The molecule has 2 aromatic rings. The fourth-order valence-corrected chi connectivity index (χ4v) is 2.23. The molecule has 1 aromatic carbocycles. The molecule has 1 amide bonds. The summed E-state index contributed by atoms with van der Waals surface area (Å²) in [5.41, 5.74) is -0.719. The SMILES string of the molecule is O=C(O)CCc1cccc(NC(=O)Cn2cc(C(F)(F)F)ccc2=O)c1. The quantitative estimate of drug-likeness (QED) is 0.820. The molecule has 0 bridgehead atoms. The highest BCUT2D eigenvalue weighted by atomic mass is 19.4. The molecular weight excluding hydrogens is 353 g/mol. The summed E-state index contributed by atoms with van der Waals surface area (Å²) in [6, 6.07) is 7.83. The van der Waals surface area contributed by atoms with Crippen LogP contribution in [0.4, 0.5) is 18.9 Å². The fraction of sp³-hybridized carbons (Fsp3) is 0.235. The van der Waals surface area contributed by atoms with Gasteiger partial charge in [-0.15, -0.1) is 0 Å². The number of aromatic nitrogens is 1. The van der Waals surface area contributed by atoms with E-state index >= 15 is 0 Å². The maximum absolute atomic E-state index is 12.7. The first-order valence-corrected chi connectivity index (χ1v) is 7.53. The van der Waals surface area contributed by atoms with Gasteiger partial charge >= 0.3 is 12.1 Å². The number of pyridine rings is 1. The van der Waals surface area contributed by atoms with Gasteiger partial charge in [-0.3, -0.25) is 14.4 Å². The summed E-state index contributed by atoms with van der Waals surface area (Å²) in [6.07, 6.45) is -3.83. The topological polar surface area (TPSA) is 88.4 Å². The van der Waals surface area contributed by atoms with Crippen LogP contribution in [0.3, 0.4) is 0 Å². The van der Waals surface area contributed by atoms with Crippen molar-refractivity contribution < 1.29 is 27.9 Å². The van der Waals surface area contributed by atoms with Gasteiger partial charge in [0.1, 0.15) is 6.54 Å². The highest BCUT2D eigenvalue weighted by Crippen LogP contribution is 2.28. The minimum Gasteiger partial charge on any atom is -0.481 e. The van der Waals surface area contributed by atoms with E-state index in [-0.39, 0.29) is 12.8 Å². The van der Waals surface area contributed by atoms with E-state index in [1.54, 1.807) is 24.3 Å². The van der Waals surface area contributed by atoms with Crippen molar-refractivity contribution >= 4 is 17.6 Å². The van der Waals surface area contributed by atoms with Gasteiger partial charge in [-0.05, 0) is 30.2 Å². The van der Waals surface area contributed by atoms with E-state index in [4.69, 9.17) is 5.11 Å². The molecule has 0 atom stereocenters. The average molecular weight is 368 g/mol. The Kier molecular flexibility index (Phi) is 5.81. The second-order valence-electron chi connectivity index (χ2n) is 5.52. The molecule has 0 spiro atoms. The molecule has 0 fully saturated rings. The number of carbonyl (C=O) groups is 2. The first-order valence-electron chi connectivity index (χ1n) is 7.53. The Morgan fingerprint density at radius 1 is 1.15 bits per heavy atom. The summed E-state index contributed by atoms with van der Waals surface area (Å²) in [5, 5.41) is 11.2. The third kappa shape index (κ3) is 5.47. The predicted molar refractivity (Wildman–Crippen MR) is 86.7 cm³/mol. The van der Waals surface area contributed by atoms with Crippen LogP contribution in [0.1, 0.15) is 17.5 Å². The number of hydrogen-bond donors (Lipinski definition) is 2. The number of halogens is 3. The van der Waals surface area contributed by atoms with Crippen molar-refractivity contribution in [3.8, 4) is 0 Å². The third-order valence-corrected chi connectivity index (χ3v) is 3.46. The van der Waals surface area contributed by atoms with Gasteiger partial charge in [-0.1, -0.05) is 12.1 Å². The van der Waals surface area contributed by atoms with Crippen LogP contribution in [0.15, 0.2) is 47.4 Å². The van der Waals surface area contributed by atoms with Crippen molar-refractivity contribution in [3.05, 3.63) is 64.1 Å². The number of carboxylic acids is 1. The van der Waals surface area contributed by atoms with E-state index in [1.165, 1.54) is 0 Å². The summed E-state index contributed by atoms with van der Waals surface area (Å²) in [5.74, 6) is -1.63. The van der Waals surface area contributed by atoms with Crippen molar-refractivity contribution in [2.45, 2.75) is 25.6 Å². The zero-order valence-electron chi connectivity index (χ0n) is 13.4. The number of aryl methyl sites for hydroxylation is 1. The lowest BCUT2D eigenvalue weighted by Crippen LogP contribution is -2.28. The van der Waals surface area contributed by atoms with Crippen LogP contribution in [0.25, 0.3) is 0 Å². The summed E-state index contributed by atoms with van der Waals surface area (Å²) in [4.78, 5) is 34.3. The van der Waals surface area contributed by atoms with Crippen molar-refractivity contribution in [1.82, 2.24) is 4.57 Å². The molecule has 138 valence electrons. The molecule has 0 aliphatic heterocycles. The zero-order valence-corrected chi connectivity index (χ0v) is 13.4. The number of carboxylic acid groups (broad SMARTS) is 1. The Labute approximate surface area is 145 Å². The van der Waals surface area contributed by atoms with Crippen LogP contribution in [0.5, 0.6) is 0 Å². The minimum atomic E-state index is -4.62. The van der Waals surface area contributed by atoms with Crippen molar-refractivity contribution in [2.24, 2.45) is 0 Å². The maximum Gasteiger partial charge on any atom is 0.417 e. The Balaban J connectivity index is 2.08. The number of carbonyl (C=O) groups excluding carboxylic acids is 1. The van der Waals surface area contributed by atoms with Gasteiger partial charge in [-0.2, -0.15) is 13.2 Å². The number of nitrogens with one attached hydrogen (secondary N) is 1. The Morgan fingerprint density at radius 2 is 1.88 bits per heavy atom. The molecule has 6 nitrogen and oxygen atoms in total. The minimum absolute atomic E-state index is 0.0724. The molecule has 0 aliphatic carbocycles. The van der Waals surface area contributed by atoms with Gasteiger partial charge in [0, 0.05) is 24.4 Å². The smallest absolute Gasteiger partial charge is 0.417 e. The van der Waals surface area contributed by atoms with Gasteiger partial charge in [0.05, 0.1) is 5.56 Å². The van der Waals surface area contributed by atoms with Crippen molar-refractivity contribution in [1.29, 1.82) is 0 Å². The van der Waals surface area contributed by atoms with E-state index < -0.39 is 35.7 Å². The van der Waals surface area contributed by atoms with Crippen LogP contribution in [-0.4, -0.2) is 21.6 Å². The molecule has 0 radical (unpaired) electrons. The number of nitrogens with zero attached hydrogens (tertiary/aromatic N) is 1. The number of benzene rings is 1.